The second kappa shape index (κ2) is 11.7. The van der Waals surface area contributed by atoms with Crippen molar-refractivity contribution < 1.29 is 0 Å². The number of hydrogen-bond donors (Lipinski definition) is 0. The first-order valence-corrected chi connectivity index (χ1v) is 17.9. The van der Waals surface area contributed by atoms with Crippen molar-refractivity contribution in [2.75, 3.05) is 4.90 Å². The highest BCUT2D eigenvalue weighted by Crippen LogP contribution is 2.45. The first-order chi connectivity index (χ1) is 24.8. The van der Waals surface area contributed by atoms with Crippen molar-refractivity contribution in [2.24, 2.45) is 0 Å². The summed E-state index contributed by atoms with van der Waals surface area (Å²) in [6, 6.07) is 68.7. The fourth-order valence-electron chi connectivity index (χ4n) is 7.69. The molecule has 0 saturated carbocycles. The van der Waals surface area contributed by atoms with Crippen LogP contribution in [0.2, 0.25) is 0 Å². The van der Waals surface area contributed by atoms with Crippen molar-refractivity contribution in [1.29, 1.82) is 0 Å². The zero-order valence-electron chi connectivity index (χ0n) is 27.3. The van der Waals surface area contributed by atoms with Crippen LogP contribution in [-0.2, 0) is 0 Å². The SMILES string of the molecule is c1ccc(-c2cccc(N(c3ccc(-c4cccc5c4sc4ccccc45)cc3)c3cc4ccc5ccccc5c4c4ccccc34)c2)cc1. The lowest BCUT2D eigenvalue weighted by Gasteiger charge is -2.28. The first kappa shape index (κ1) is 28.8. The van der Waals surface area contributed by atoms with Crippen LogP contribution < -0.4 is 4.90 Å². The first-order valence-electron chi connectivity index (χ1n) is 17.1. The van der Waals surface area contributed by atoms with E-state index in [1.807, 2.05) is 11.3 Å². The molecule has 234 valence electrons. The summed E-state index contributed by atoms with van der Waals surface area (Å²) >= 11 is 1.88. The van der Waals surface area contributed by atoms with E-state index in [4.69, 9.17) is 0 Å². The van der Waals surface area contributed by atoms with E-state index in [0.717, 1.165) is 17.1 Å². The Labute approximate surface area is 294 Å². The summed E-state index contributed by atoms with van der Waals surface area (Å²) in [5.41, 5.74) is 8.29. The van der Waals surface area contributed by atoms with Gasteiger partial charge >= 0.3 is 0 Å². The van der Waals surface area contributed by atoms with E-state index in [2.05, 4.69) is 193 Å². The van der Waals surface area contributed by atoms with Gasteiger partial charge in [0.15, 0.2) is 0 Å². The summed E-state index contributed by atoms with van der Waals surface area (Å²) in [7, 11) is 0. The second-order valence-corrected chi connectivity index (χ2v) is 14.0. The fourth-order valence-corrected chi connectivity index (χ4v) is 8.93. The molecule has 50 heavy (non-hydrogen) atoms. The van der Waals surface area contributed by atoms with E-state index in [1.54, 1.807) is 0 Å². The second-order valence-electron chi connectivity index (χ2n) is 12.9. The zero-order chi connectivity index (χ0) is 33.0. The molecule has 9 aromatic carbocycles. The monoisotopic (exact) mass is 653 g/mol. The van der Waals surface area contributed by atoms with Crippen LogP contribution in [0.5, 0.6) is 0 Å². The zero-order valence-corrected chi connectivity index (χ0v) is 28.1. The summed E-state index contributed by atoms with van der Waals surface area (Å²) in [5.74, 6) is 0. The van der Waals surface area contributed by atoms with Crippen LogP contribution in [0.4, 0.5) is 17.1 Å². The third-order valence-electron chi connectivity index (χ3n) is 10.0. The van der Waals surface area contributed by atoms with Crippen molar-refractivity contribution in [3.8, 4) is 22.3 Å². The largest absolute Gasteiger partial charge is 0.310 e. The molecular weight excluding hydrogens is 623 g/mol. The molecule has 0 atom stereocenters. The summed E-state index contributed by atoms with van der Waals surface area (Å²) in [6.07, 6.45) is 0. The highest BCUT2D eigenvalue weighted by Gasteiger charge is 2.19. The predicted molar refractivity (Wildman–Crippen MR) is 217 cm³/mol. The van der Waals surface area contributed by atoms with Crippen LogP contribution in [-0.4, -0.2) is 0 Å². The van der Waals surface area contributed by atoms with Crippen molar-refractivity contribution in [3.05, 3.63) is 188 Å². The van der Waals surface area contributed by atoms with E-state index in [9.17, 15) is 0 Å². The molecule has 0 aliphatic carbocycles. The fraction of sp³-hybridized carbons (Fsp3) is 0. The van der Waals surface area contributed by atoms with E-state index in [1.165, 1.54) is 74.7 Å². The Balaban J connectivity index is 1.19. The van der Waals surface area contributed by atoms with Crippen LogP contribution in [0, 0.1) is 0 Å². The quantitative estimate of drug-likeness (QED) is 0.167. The van der Waals surface area contributed by atoms with Gasteiger partial charge in [0.2, 0.25) is 0 Å². The summed E-state index contributed by atoms with van der Waals surface area (Å²) in [5, 5.41) is 10.2. The smallest absolute Gasteiger partial charge is 0.0546 e. The van der Waals surface area contributed by atoms with Crippen LogP contribution in [0.25, 0.3) is 74.7 Å². The molecule has 0 N–H and O–H groups in total. The highest BCUT2D eigenvalue weighted by molar-refractivity contribution is 7.26. The number of thiophene rings is 1. The highest BCUT2D eigenvalue weighted by atomic mass is 32.1. The number of fused-ring (bicyclic) bond motifs is 8. The number of hydrogen-bond acceptors (Lipinski definition) is 2. The van der Waals surface area contributed by atoms with Crippen LogP contribution in [0.3, 0.4) is 0 Å². The molecule has 1 nitrogen and oxygen atoms in total. The Morgan fingerprint density at radius 3 is 1.88 bits per heavy atom. The molecule has 10 aromatic rings. The Morgan fingerprint density at radius 1 is 0.360 bits per heavy atom. The molecular formula is C48H31NS. The Hall–Kier alpha value is -6.22. The average molecular weight is 654 g/mol. The molecule has 0 amide bonds. The molecule has 0 aliphatic rings. The lowest BCUT2D eigenvalue weighted by molar-refractivity contribution is 1.30. The van der Waals surface area contributed by atoms with Crippen molar-refractivity contribution in [3.63, 3.8) is 0 Å². The van der Waals surface area contributed by atoms with E-state index in [0.29, 0.717) is 0 Å². The summed E-state index contributed by atoms with van der Waals surface area (Å²) in [6.45, 7) is 0. The Bertz CT molecular complexity index is 2870. The van der Waals surface area contributed by atoms with Gasteiger partial charge in [-0.3, -0.25) is 0 Å². The van der Waals surface area contributed by atoms with Gasteiger partial charge in [-0.2, -0.15) is 0 Å². The van der Waals surface area contributed by atoms with Crippen molar-refractivity contribution in [2.45, 2.75) is 0 Å². The molecule has 0 bridgehead atoms. The van der Waals surface area contributed by atoms with Crippen molar-refractivity contribution in [1.82, 2.24) is 0 Å². The van der Waals surface area contributed by atoms with Gasteiger partial charge in [-0.15, -0.1) is 11.3 Å². The standard InChI is InChI=1S/C48H31NS/c1-2-12-32(13-3-1)35-15-10-16-38(30-35)49(45-31-36-25-24-33-14-4-5-17-39(33)47(36)43-20-7-6-18-41(43)45)37-28-26-34(27-29-37)40-21-11-22-44-42-19-8-9-23-46(42)50-48(40)44/h1-31H. The van der Waals surface area contributed by atoms with Crippen molar-refractivity contribution >= 4 is 80.9 Å². The minimum atomic E-state index is 1.12. The molecule has 0 aliphatic heterocycles. The minimum Gasteiger partial charge on any atom is -0.310 e. The molecule has 0 unspecified atom stereocenters. The maximum absolute atomic E-state index is 2.44. The van der Waals surface area contributed by atoms with Crippen LogP contribution >= 0.6 is 11.3 Å². The van der Waals surface area contributed by atoms with E-state index >= 15 is 0 Å². The summed E-state index contributed by atoms with van der Waals surface area (Å²) in [4.78, 5) is 2.44. The lowest BCUT2D eigenvalue weighted by atomic mass is 9.94. The molecule has 0 radical (unpaired) electrons. The molecule has 2 heteroatoms. The third-order valence-corrected chi connectivity index (χ3v) is 11.2. The lowest BCUT2D eigenvalue weighted by Crippen LogP contribution is -2.11. The van der Waals surface area contributed by atoms with Gasteiger partial charge < -0.3 is 4.90 Å². The maximum Gasteiger partial charge on any atom is 0.0546 e. The van der Waals surface area contributed by atoms with Gasteiger partial charge in [0.1, 0.15) is 0 Å². The number of benzene rings is 9. The topological polar surface area (TPSA) is 3.24 Å². The molecule has 0 spiro atoms. The minimum absolute atomic E-state index is 1.12. The van der Waals surface area contributed by atoms with Gasteiger partial charge in [-0.25, -0.2) is 0 Å². The average Bonchev–Trinajstić information content (AvgIpc) is 3.58. The van der Waals surface area contributed by atoms with Gasteiger partial charge in [0, 0.05) is 36.9 Å². The van der Waals surface area contributed by atoms with E-state index < -0.39 is 0 Å². The Morgan fingerprint density at radius 2 is 1.02 bits per heavy atom. The van der Waals surface area contributed by atoms with Gasteiger partial charge in [-0.1, -0.05) is 152 Å². The van der Waals surface area contributed by atoms with E-state index in [-0.39, 0.29) is 0 Å². The predicted octanol–water partition coefficient (Wildman–Crippen LogP) is 14.3. The van der Waals surface area contributed by atoms with Gasteiger partial charge in [0.05, 0.1) is 5.69 Å². The normalized spacial score (nSPS) is 11.6. The van der Waals surface area contributed by atoms with Gasteiger partial charge in [0.25, 0.3) is 0 Å². The van der Waals surface area contributed by atoms with Crippen LogP contribution in [0.1, 0.15) is 0 Å². The third kappa shape index (κ3) is 4.69. The number of rotatable bonds is 5. The number of anilines is 3. The Kier molecular flexibility index (Phi) is 6.75. The molecule has 1 aromatic heterocycles. The van der Waals surface area contributed by atoms with Crippen LogP contribution in [0.15, 0.2) is 188 Å². The molecule has 10 rings (SSSR count). The maximum atomic E-state index is 2.44. The molecule has 1 heterocycles. The molecule has 0 fully saturated rings. The summed E-state index contributed by atoms with van der Waals surface area (Å²) < 4.78 is 2.66. The number of nitrogens with zero attached hydrogens (tertiary/aromatic N) is 1. The van der Waals surface area contributed by atoms with Gasteiger partial charge in [-0.05, 0) is 85.6 Å². The molecule has 0 saturated heterocycles.